The summed E-state index contributed by atoms with van der Waals surface area (Å²) in [7, 11) is 0. The average molecular weight is 148 g/mol. The zero-order chi connectivity index (χ0) is 7.68. The Kier molecular flexibility index (Phi) is 1.53. The van der Waals surface area contributed by atoms with Crippen LogP contribution in [0.3, 0.4) is 0 Å². The van der Waals surface area contributed by atoms with Gasteiger partial charge in [0.05, 0.1) is 17.0 Å². The van der Waals surface area contributed by atoms with E-state index in [9.17, 15) is 0 Å². The van der Waals surface area contributed by atoms with Crippen molar-refractivity contribution in [1.29, 1.82) is 0 Å². The Labute approximate surface area is 65.7 Å². The molecule has 1 aliphatic carbocycles. The topological polar surface area (TPSA) is 28.7 Å². The fourth-order valence-corrected chi connectivity index (χ4v) is 1.46. The summed E-state index contributed by atoms with van der Waals surface area (Å²) in [4.78, 5) is 7.31. The third-order valence-electron chi connectivity index (χ3n) is 2.24. The number of imidazole rings is 1. The number of aromatic nitrogens is 2. The van der Waals surface area contributed by atoms with Gasteiger partial charge in [0.15, 0.2) is 0 Å². The van der Waals surface area contributed by atoms with Crippen molar-refractivity contribution >= 4 is 12.2 Å². The molecular formula is C9H12N2. The van der Waals surface area contributed by atoms with Gasteiger partial charge < -0.3 is 4.98 Å². The molecule has 1 N–H and O–H groups in total. The van der Waals surface area contributed by atoms with Crippen LogP contribution in [0.25, 0.3) is 12.2 Å². The second-order valence-electron chi connectivity index (χ2n) is 2.98. The molecule has 0 aliphatic heterocycles. The highest BCUT2D eigenvalue weighted by Crippen LogP contribution is 2.11. The maximum Gasteiger partial charge on any atom is 0.0931 e. The summed E-state index contributed by atoms with van der Waals surface area (Å²) in [5.74, 6) is 0.711. The van der Waals surface area contributed by atoms with E-state index in [2.05, 4.69) is 29.0 Å². The average Bonchev–Trinajstić information content (AvgIpc) is 2.50. The summed E-state index contributed by atoms with van der Waals surface area (Å²) in [5, 5.41) is 2.32. The Balaban J connectivity index is 2.53. The Morgan fingerprint density at radius 2 is 2.64 bits per heavy atom. The van der Waals surface area contributed by atoms with Gasteiger partial charge >= 0.3 is 0 Å². The predicted molar refractivity (Wildman–Crippen MR) is 45.2 cm³/mol. The van der Waals surface area contributed by atoms with Crippen LogP contribution in [0.2, 0.25) is 0 Å². The van der Waals surface area contributed by atoms with Crippen LogP contribution >= 0.6 is 0 Å². The summed E-state index contributed by atoms with van der Waals surface area (Å²) in [5.41, 5.74) is 0. The number of hydrogen-bond donors (Lipinski definition) is 1. The molecule has 2 nitrogen and oxygen atoms in total. The lowest BCUT2D eigenvalue weighted by Crippen LogP contribution is -2.28. The molecule has 0 spiro atoms. The van der Waals surface area contributed by atoms with E-state index in [4.69, 9.17) is 0 Å². The lowest BCUT2D eigenvalue weighted by Gasteiger charge is -2.07. The van der Waals surface area contributed by atoms with Crippen LogP contribution in [0.4, 0.5) is 0 Å². The van der Waals surface area contributed by atoms with Gasteiger partial charge in [0.2, 0.25) is 0 Å². The molecule has 0 fully saturated rings. The largest absolute Gasteiger partial charge is 0.345 e. The zero-order valence-corrected chi connectivity index (χ0v) is 6.67. The van der Waals surface area contributed by atoms with Crippen LogP contribution in [0, 0.1) is 5.92 Å². The first-order chi connectivity index (χ1) is 5.40. The number of aromatic amines is 1. The van der Waals surface area contributed by atoms with Gasteiger partial charge in [0.1, 0.15) is 0 Å². The highest BCUT2D eigenvalue weighted by atomic mass is 14.9. The molecule has 11 heavy (non-hydrogen) atoms. The second-order valence-corrected chi connectivity index (χ2v) is 2.98. The van der Waals surface area contributed by atoms with Crippen molar-refractivity contribution in [2.45, 2.75) is 19.8 Å². The monoisotopic (exact) mass is 148 g/mol. The minimum atomic E-state index is 0.711. The van der Waals surface area contributed by atoms with Crippen LogP contribution in [0.5, 0.6) is 0 Å². The lowest BCUT2D eigenvalue weighted by atomic mass is 9.99. The van der Waals surface area contributed by atoms with E-state index >= 15 is 0 Å². The summed E-state index contributed by atoms with van der Waals surface area (Å²) in [6.45, 7) is 2.22. The van der Waals surface area contributed by atoms with Gasteiger partial charge in [-0.3, -0.25) is 0 Å². The van der Waals surface area contributed by atoms with Crippen LogP contribution in [0.1, 0.15) is 19.8 Å². The molecule has 2 heteroatoms. The number of nitrogens with one attached hydrogen (secondary N) is 1. The van der Waals surface area contributed by atoms with Gasteiger partial charge in [-0.2, -0.15) is 0 Å². The number of rotatable bonds is 1. The van der Waals surface area contributed by atoms with E-state index in [1.54, 1.807) is 6.33 Å². The first kappa shape index (κ1) is 6.65. The molecule has 0 bridgehead atoms. The fraction of sp³-hybridized carbons (Fsp3) is 0.444. The van der Waals surface area contributed by atoms with Crippen LogP contribution in [0.15, 0.2) is 6.33 Å². The number of nitrogens with zero attached hydrogens (tertiary/aromatic N) is 1. The van der Waals surface area contributed by atoms with Gasteiger partial charge in [0.25, 0.3) is 0 Å². The third-order valence-corrected chi connectivity index (χ3v) is 2.24. The summed E-state index contributed by atoms with van der Waals surface area (Å²) in [6.07, 6.45) is 8.61. The standard InChI is InChI=1S/C9H12N2/c1-2-7-3-4-8-9(5-7)11-6-10-8/h4-7H,2-3H2,1H3,(H,10,11). The highest BCUT2D eigenvalue weighted by Gasteiger charge is 2.04. The van der Waals surface area contributed by atoms with E-state index in [0.29, 0.717) is 5.92 Å². The minimum absolute atomic E-state index is 0.711. The van der Waals surface area contributed by atoms with Gasteiger partial charge in [-0.1, -0.05) is 19.1 Å². The van der Waals surface area contributed by atoms with Gasteiger partial charge in [-0.25, -0.2) is 4.98 Å². The molecule has 1 atom stereocenters. The van der Waals surface area contributed by atoms with E-state index < -0.39 is 0 Å². The van der Waals surface area contributed by atoms with Gasteiger partial charge in [-0.15, -0.1) is 0 Å². The van der Waals surface area contributed by atoms with Crippen molar-refractivity contribution in [3.8, 4) is 0 Å². The first-order valence-electron chi connectivity index (χ1n) is 4.11. The smallest absolute Gasteiger partial charge is 0.0931 e. The second kappa shape index (κ2) is 2.53. The van der Waals surface area contributed by atoms with E-state index in [1.165, 1.54) is 11.8 Å². The Hall–Kier alpha value is -1.05. The number of hydrogen-bond acceptors (Lipinski definition) is 1. The fourth-order valence-electron chi connectivity index (χ4n) is 1.46. The number of H-pyrrole nitrogens is 1. The summed E-state index contributed by atoms with van der Waals surface area (Å²) < 4.78 is 0. The maximum atomic E-state index is 4.18. The van der Waals surface area contributed by atoms with Crippen LogP contribution in [-0.4, -0.2) is 9.97 Å². The highest BCUT2D eigenvalue weighted by molar-refractivity contribution is 5.35. The molecule has 0 radical (unpaired) electrons. The molecule has 1 unspecified atom stereocenters. The molecule has 0 saturated carbocycles. The Morgan fingerprint density at radius 1 is 1.73 bits per heavy atom. The van der Waals surface area contributed by atoms with E-state index in [0.717, 1.165) is 11.8 Å². The number of fused-ring (bicyclic) bond motifs is 1. The summed E-state index contributed by atoms with van der Waals surface area (Å²) >= 11 is 0. The van der Waals surface area contributed by atoms with Crippen molar-refractivity contribution in [3.05, 3.63) is 17.0 Å². The minimum Gasteiger partial charge on any atom is -0.345 e. The quantitative estimate of drug-likeness (QED) is 0.613. The zero-order valence-electron chi connectivity index (χ0n) is 6.67. The normalized spacial score (nSPS) is 21.7. The predicted octanol–water partition coefficient (Wildman–Crippen LogP) is 0.401. The maximum absolute atomic E-state index is 4.18. The van der Waals surface area contributed by atoms with Crippen molar-refractivity contribution in [3.63, 3.8) is 0 Å². The van der Waals surface area contributed by atoms with Crippen molar-refractivity contribution in [2.24, 2.45) is 5.92 Å². The molecule has 1 aromatic heterocycles. The third kappa shape index (κ3) is 1.09. The summed E-state index contributed by atoms with van der Waals surface area (Å²) in [6, 6.07) is 0. The SMILES string of the molecule is CCC1C=c2[nH]cnc2=CC1. The first-order valence-corrected chi connectivity index (χ1v) is 4.11. The lowest BCUT2D eigenvalue weighted by molar-refractivity contribution is 0.679. The molecule has 58 valence electrons. The molecule has 0 aromatic carbocycles. The van der Waals surface area contributed by atoms with Crippen molar-refractivity contribution in [1.82, 2.24) is 9.97 Å². The molecule has 2 rings (SSSR count). The van der Waals surface area contributed by atoms with E-state index in [1.807, 2.05) is 0 Å². The van der Waals surface area contributed by atoms with Crippen molar-refractivity contribution < 1.29 is 0 Å². The van der Waals surface area contributed by atoms with Crippen molar-refractivity contribution in [2.75, 3.05) is 0 Å². The molecule has 0 amide bonds. The van der Waals surface area contributed by atoms with E-state index in [-0.39, 0.29) is 0 Å². The molecule has 1 heterocycles. The molecule has 1 aliphatic rings. The van der Waals surface area contributed by atoms with Gasteiger partial charge in [0, 0.05) is 0 Å². The Morgan fingerprint density at radius 3 is 3.45 bits per heavy atom. The Bertz CT molecular complexity index is 348. The molecule has 1 aromatic rings. The van der Waals surface area contributed by atoms with Gasteiger partial charge in [-0.05, 0) is 18.8 Å². The van der Waals surface area contributed by atoms with Crippen LogP contribution in [-0.2, 0) is 0 Å². The molecule has 0 saturated heterocycles. The molecular weight excluding hydrogens is 136 g/mol. The van der Waals surface area contributed by atoms with Crippen LogP contribution < -0.4 is 10.7 Å².